The van der Waals surface area contributed by atoms with Crippen LogP contribution in [0.2, 0.25) is 0 Å². The molecule has 6 heteroatoms. The largest absolute Gasteiger partial charge is 0.372 e. The van der Waals surface area contributed by atoms with Crippen molar-refractivity contribution in [2.75, 3.05) is 18.0 Å². The SMILES string of the molecule is C[C@@H]1CN(c2ncc3c(n2)CCC[C@@H]3NC(=O)CC2CCCC2)C[C@@H](C)O1. The first-order valence-electron chi connectivity index (χ1n) is 10.6. The zero-order valence-corrected chi connectivity index (χ0v) is 16.6. The van der Waals surface area contributed by atoms with Crippen LogP contribution >= 0.6 is 0 Å². The highest BCUT2D eigenvalue weighted by atomic mass is 16.5. The summed E-state index contributed by atoms with van der Waals surface area (Å²) in [6, 6.07) is 0.0687. The number of ether oxygens (including phenoxy) is 1. The van der Waals surface area contributed by atoms with Crippen molar-refractivity contribution in [2.45, 2.75) is 83.5 Å². The van der Waals surface area contributed by atoms with Crippen molar-refractivity contribution in [3.63, 3.8) is 0 Å². The number of carbonyl (C=O) groups is 1. The first-order valence-corrected chi connectivity index (χ1v) is 10.6. The van der Waals surface area contributed by atoms with Gasteiger partial charge in [0.1, 0.15) is 0 Å². The Bertz CT molecular complexity index is 664. The predicted molar refractivity (Wildman–Crippen MR) is 105 cm³/mol. The highest BCUT2D eigenvalue weighted by molar-refractivity contribution is 5.76. The van der Waals surface area contributed by atoms with Crippen LogP contribution in [0.3, 0.4) is 0 Å². The number of anilines is 1. The molecule has 0 radical (unpaired) electrons. The van der Waals surface area contributed by atoms with Gasteiger partial charge < -0.3 is 15.0 Å². The molecular weight excluding hydrogens is 340 g/mol. The minimum absolute atomic E-state index is 0.0687. The number of rotatable bonds is 4. The highest BCUT2D eigenvalue weighted by Crippen LogP contribution is 2.31. The molecular formula is C21H32N4O2. The van der Waals surface area contributed by atoms with Gasteiger partial charge in [-0.3, -0.25) is 4.79 Å². The summed E-state index contributed by atoms with van der Waals surface area (Å²) >= 11 is 0. The number of morpholine rings is 1. The Balaban J connectivity index is 1.44. The number of nitrogens with zero attached hydrogens (tertiary/aromatic N) is 3. The average Bonchev–Trinajstić information content (AvgIpc) is 3.13. The Morgan fingerprint density at radius 2 is 1.93 bits per heavy atom. The number of fused-ring (bicyclic) bond motifs is 1. The van der Waals surface area contributed by atoms with Crippen LogP contribution in [0.5, 0.6) is 0 Å². The van der Waals surface area contributed by atoms with Gasteiger partial charge in [0.05, 0.1) is 23.9 Å². The van der Waals surface area contributed by atoms with E-state index in [1.165, 1.54) is 25.7 Å². The third kappa shape index (κ3) is 4.42. The first-order chi connectivity index (χ1) is 13.1. The van der Waals surface area contributed by atoms with Crippen LogP contribution in [0.15, 0.2) is 6.20 Å². The normalized spacial score (nSPS) is 28.8. The van der Waals surface area contributed by atoms with Crippen LogP contribution < -0.4 is 10.2 Å². The first kappa shape index (κ1) is 18.7. The molecule has 3 atom stereocenters. The van der Waals surface area contributed by atoms with Crippen molar-refractivity contribution in [1.82, 2.24) is 15.3 Å². The molecule has 1 N–H and O–H groups in total. The highest BCUT2D eigenvalue weighted by Gasteiger charge is 2.28. The van der Waals surface area contributed by atoms with Crippen LogP contribution in [0.4, 0.5) is 5.95 Å². The summed E-state index contributed by atoms with van der Waals surface area (Å²) < 4.78 is 5.82. The molecule has 1 aromatic rings. The van der Waals surface area contributed by atoms with E-state index < -0.39 is 0 Å². The van der Waals surface area contributed by atoms with Crippen molar-refractivity contribution in [3.8, 4) is 0 Å². The lowest BCUT2D eigenvalue weighted by atomic mass is 9.92. The van der Waals surface area contributed by atoms with Gasteiger partial charge in [-0.25, -0.2) is 9.97 Å². The van der Waals surface area contributed by atoms with Crippen LogP contribution in [-0.4, -0.2) is 41.2 Å². The molecule has 1 amide bonds. The van der Waals surface area contributed by atoms with Crippen LogP contribution in [-0.2, 0) is 16.0 Å². The van der Waals surface area contributed by atoms with Crippen molar-refractivity contribution in [1.29, 1.82) is 0 Å². The van der Waals surface area contributed by atoms with Gasteiger partial charge in [-0.2, -0.15) is 0 Å². The van der Waals surface area contributed by atoms with E-state index in [9.17, 15) is 4.79 Å². The molecule has 0 unspecified atom stereocenters. The lowest BCUT2D eigenvalue weighted by Gasteiger charge is -2.36. The van der Waals surface area contributed by atoms with Gasteiger partial charge in [0, 0.05) is 31.3 Å². The third-order valence-electron chi connectivity index (χ3n) is 6.16. The molecule has 0 bridgehead atoms. The van der Waals surface area contributed by atoms with E-state index in [4.69, 9.17) is 9.72 Å². The molecule has 0 aromatic carbocycles. The molecule has 2 heterocycles. The predicted octanol–water partition coefficient (Wildman–Crippen LogP) is 3.16. The second kappa shape index (κ2) is 8.13. The average molecular weight is 373 g/mol. The summed E-state index contributed by atoms with van der Waals surface area (Å²) in [5, 5.41) is 3.26. The van der Waals surface area contributed by atoms with Gasteiger partial charge in [0.25, 0.3) is 0 Å². The molecule has 27 heavy (non-hydrogen) atoms. The van der Waals surface area contributed by atoms with E-state index in [1.54, 1.807) is 0 Å². The number of nitrogens with one attached hydrogen (secondary N) is 1. The molecule has 4 rings (SSSR count). The summed E-state index contributed by atoms with van der Waals surface area (Å²) in [6.07, 6.45) is 11.0. The van der Waals surface area contributed by atoms with Gasteiger partial charge in [0.15, 0.2) is 0 Å². The molecule has 2 fully saturated rings. The van der Waals surface area contributed by atoms with Gasteiger partial charge in [-0.1, -0.05) is 12.8 Å². The summed E-state index contributed by atoms with van der Waals surface area (Å²) in [6.45, 7) is 5.84. The zero-order valence-electron chi connectivity index (χ0n) is 16.6. The number of amides is 1. The second-order valence-electron chi connectivity index (χ2n) is 8.60. The maximum absolute atomic E-state index is 12.5. The van der Waals surface area contributed by atoms with Crippen molar-refractivity contribution in [2.24, 2.45) is 5.92 Å². The summed E-state index contributed by atoms with van der Waals surface area (Å²) in [5.41, 5.74) is 2.21. The Labute approximate surface area is 162 Å². The third-order valence-corrected chi connectivity index (χ3v) is 6.16. The molecule has 0 spiro atoms. The van der Waals surface area contributed by atoms with Crippen LogP contribution in [0.1, 0.15) is 76.1 Å². The zero-order chi connectivity index (χ0) is 18.8. The van der Waals surface area contributed by atoms with E-state index in [-0.39, 0.29) is 24.2 Å². The molecule has 1 aliphatic heterocycles. The summed E-state index contributed by atoms with van der Waals surface area (Å²) in [5.74, 6) is 1.57. The minimum Gasteiger partial charge on any atom is -0.372 e. The van der Waals surface area contributed by atoms with Crippen LogP contribution in [0, 0.1) is 5.92 Å². The van der Waals surface area contributed by atoms with E-state index in [2.05, 4.69) is 29.0 Å². The summed E-state index contributed by atoms with van der Waals surface area (Å²) in [7, 11) is 0. The van der Waals surface area contributed by atoms with Gasteiger partial charge >= 0.3 is 0 Å². The number of carbonyl (C=O) groups excluding carboxylic acids is 1. The number of hydrogen-bond donors (Lipinski definition) is 1. The van der Waals surface area contributed by atoms with E-state index in [0.717, 1.165) is 49.6 Å². The lowest BCUT2D eigenvalue weighted by Crippen LogP contribution is -2.46. The topological polar surface area (TPSA) is 67.4 Å². The Morgan fingerprint density at radius 1 is 1.19 bits per heavy atom. The van der Waals surface area contributed by atoms with Crippen molar-refractivity contribution in [3.05, 3.63) is 17.5 Å². The maximum Gasteiger partial charge on any atom is 0.225 e. The lowest BCUT2D eigenvalue weighted by molar-refractivity contribution is -0.122. The minimum atomic E-state index is 0.0687. The second-order valence-corrected chi connectivity index (χ2v) is 8.60. The standard InChI is InChI=1S/C21H32N4O2/c1-14-12-25(13-15(2)27-14)21-22-11-17-18(8-5-9-19(17)24-21)23-20(26)10-16-6-3-4-7-16/h11,14-16,18H,3-10,12-13H2,1-2H3,(H,23,26)/t14-,15-,18+/m1/s1. The fourth-order valence-electron chi connectivity index (χ4n) is 4.91. The molecule has 3 aliphatic rings. The number of aromatic nitrogens is 2. The van der Waals surface area contributed by atoms with Crippen LogP contribution in [0.25, 0.3) is 0 Å². The number of hydrogen-bond acceptors (Lipinski definition) is 5. The quantitative estimate of drug-likeness (QED) is 0.879. The van der Waals surface area contributed by atoms with E-state index in [0.29, 0.717) is 12.3 Å². The smallest absolute Gasteiger partial charge is 0.225 e. The van der Waals surface area contributed by atoms with Crippen molar-refractivity contribution < 1.29 is 9.53 Å². The van der Waals surface area contributed by atoms with Gasteiger partial charge in [-0.15, -0.1) is 0 Å². The number of aryl methyl sites for hydroxylation is 1. The Morgan fingerprint density at radius 3 is 2.67 bits per heavy atom. The summed E-state index contributed by atoms with van der Waals surface area (Å²) in [4.78, 5) is 24.2. The van der Waals surface area contributed by atoms with Gasteiger partial charge in [0.2, 0.25) is 11.9 Å². The molecule has 1 aromatic heterocycles. The fourth-order valence-corrected chi connectivity index (χ4v) is 4.91. The molecule has 2 aliphatic carbocycles. The molecule has 148 valence electrons. The van der Waals surface area contributed by atoms with E-state index in [1.807, 2.05) is 6.20 Å². The Hall–Kier alpha value is -1.69. The maximum atomic E-state index is 12.5. The molecule has 1 saturated heterocycles. The monoisotopic (exact) mass is 372 g/mol. The van der Waals surface area contributed by atoms with Crippen molar-refractivity contribution >= 4 is 11.9 Å². The molecule has 1 saturated carbocycles. The fraction of sp³-hybridized carbons (Fsp3) is 0.762. The van der Waals surface area contributed by atoms with Gasteiger partial charge in [-0.05, 0) is 51.9 Å². The molecule has 6 nitrogen and oxygen atoms in total. The van der Waals surface area contributed by atoms with E-state index >= 15 is 0 Å². The Kier molecular flexibility index (Phi) is 5.62.